The Balaban J connectivity index is 2.68. The minimum Gasteiger partial charge on any atom is -0.466 e. The fraction of sp³-hybridized carbons (Fsp3) is 0.769. The lowest BCUT2D eigenvalue weighted by molar-refractivity contribution is -0.145. The van der Waals surface area contributed by atoms with Gasteiger partial charge < -0.3 is 4.74 Å². The summed E-state index contributed by atoms with van der Waals surface area (Å²) >= 11 is 0. The molecule has 0 aliphatic heterocycles. The highest BCUT2D eigenvalue weighted by Gasteiger charge is 2.34. The highest BCUT2D eigenvalue weighted by molar-refractivity contribution is 5.70. The van der Waals surface area contributed by atoms with Gasteiger partial charge in [-0.1, -0.05) is 25.5 Å². The van der Waals surface area contributed by atoms with Gasteiger partial charge in [0, 0.05) is 0 Å². The smallest absolute Gasteiger partial charge is 0.306 e. The molecule has 15 heavy (non-hydrogen) atoms. The van der Waals surface area contributed by atoms with E-state index in [9.17, 15) is 4.79 Å². The zero-order chi connectivity index (χ0) is 11.5. The number of ether oxygens (including phenoxy) is 1. The molecule has 0 amide bonds. The standard InChI is InChI=1S/C13H22O2/c1-5-15-12(14)9-11-10(2)7-6-8-13(11,3)4/h7,11H,5-6,8-9H2,1-4H3/t11-/m0/s1. The minimum atomic E-state index is -0.0646. The molecular formula is C13H22O2. The zero-order valence-electron chi connectivity index (χ0n) is 10.3. The van der Waals surface area contributed by atoms with E-state index in [1.165, 1.54) is 5.57 Å². The molecule has 0 aromatic heterocycles. The normalized spacial score (nSPS) is 24.5. The van der Waals surface area contributed by atoms with E-state index in [-0.39, 0.29) is 11.4 Å². The summed E-state index contributed by atoms with van der Waals surface area (Å²) in [6.07, 6.45) is 5.09. The number of carbonyl (C=O) groups is 1. The second-order valence-electron chi connectivity index (χ2n) is 5.04. The molecule has 0 heterocycles. The van der Waals surface area contributed by atoms with Crippen LogP contribution in [0.15, 0.2) is 11.6 Å². The summed E-state index contributed by atoms with van der Waals surface area (Å²) in [6.45, 7) is 8.95. The molecule has 0 unspecified atom stereocenters. The lowest BCUT2D eigenvalue weighted by atomic mass is 9.67. The maximum absolute atomic E-state index is 11.5. The van der Waals surface area contributed by atoms with Crippen molar-refractivity contribution in [2.24, 2.45) is 11.3 Å². The van der Waals surface area contributed by atoms with Crippen LogP contribution in [0.5, 0.6) is 0 Å². The molecule has 0 bridgehead atoms. The molecule has 86 valence electrons. The molecule has 0 saturated heterocycles. The van der Waals surface area contributed by atoms with E-state index in [0.29, 0.717) is 18.9 Å². The first-order chi connectivity index (χ1) is 6.97. The van der Waals surface area contributed by atoms with Crippen molar-refractivity contribution in [1.82, 2.24) is 0 Å². The van der Waals surface area contributed by atoms with Crippen molar-refractivity contribution in [1.29, 1.82) is 0 Å². The van der Waals surface area contributed by atoms with Gasteiger partial charge in [-0.05, 0) is 38.0 Å². The van der Waals surface area contributed by atoms with Gasteiger partial charge in [-0.2, -0.15) is 0 Å². The zero-order valence-corrected chi connectivity index (χ0v) is 10.3. The van der Waals surface area contributed by atoms with Gasteiger partial charge in [-0.15, -0.1) is 0 Å². The van der Waals surface area contributed by atoms with Gasteiger partial charge in [0.25, 0.3) is 0 Å². The molecule has 0 fully saturated rings. The number of rotatable bonds is 3. The van der Waals surface area contributed by atoms with Crippen LogP contribution in [0.3, 0.4) is 0 Å². The minimum absolute atomic E-state index is 0.0646. The van der Waals surface area contributed by atoms with Crippen molar-refractivity contribution in [2.45, 2.75) is 47.0 Å². The number of hydrogen-bond acceptors (Lipinski definition) is 2. The third-order valence-electron chi connectivity index (χ3n) is 3.42. The number of hydrogen-bond donors (Lipinski definition) is 0. The van der Waals surface area contributed by atoms with Crippen LogP contribution >= 0.6 is 0 Å². The van der Waals surface area contributed by atoms with Crippen molar-refractivity contribution in [3.05, 3.63) is 11.6 Å². The summed E-state index contributed by atoms with van der Waals surface area (Å²) in [5.74, 6) is 0.288. The predicted octanol–water partition coefficient (Wildman–Crippen LogP) is 3.32. The van der Waals surface area contributed by atoms with Crippen LogP contribution in [0.4, 0.5) is 0 Å². The molecule has 0 saturated carbocycles. The van der Waals surface area contributed by atoms with Gasteiger partial charge in [0.2, 0.25) is 0 Å². The van der Waals surface area contributed by atoms with E-state index in [1.807, 2.05) is 6.92 Å². The predicted molar refractivity (Wildman–Crippen MR) is 61.5 cm³/mol. The average Bonchev–Trinajstić information content (AvgIpc) is 2.12. The van der Waals surface area contributed by atoms with Gasteiger partial charge in [-0.25, -0.2) is 0 Å². The van der Waals surface area contributed by atoms with E-state index < -0.39 is 0 Å². The van der Waals surface area contributed by atoms with Crippen molar-refractivity contribution in [3.63, 3.8) is 0 Å². The Morgan fingerprint density at radius 2 is 2.27 bits per heavy atom. The molecule has 2 nitrogen and oxygen atoms in total. The van der Waals surface area contributed by atoms with Crippen molar-refractivity contribution >= 4 is 5.97 Å². The van der Waals surface area contributed by atoms with Crippen LogP contribution in [0, 0.1) is 11.3 Å². The summed E-state index contributed by atoms with van der Waals surface area (Å²) in [7, 11) is 0. The molecule has 0 aromatic carbocycles. The molecule has 1 rings (SSSR count). The Bertz CT molecular complexity index is 264. The maximum atomic E-state index is 11.5. The molecular weight excluding hydrogens is 188 g/mol. The van der Waals surface area contributed by atoms with Crippen molar-refractivity contribution < 1.29 is 9.53 Å². The van der Waals surface area contributed by atoms with Crippen LogP contribution in [0.1, 0.15) is 47.0 Å². The van der Waals surface area contributed by atoms with E-state index in [1.54, 1.807) is 0 Å². The molecule has 0 N–H and O–H groups in total. The van der Waals surface area contributed by atoms with Crippen molar-refractivity contribution in [2.75, 3.05) is 6.61 Å². The van der Waals surface area contributed by atoms with E-state index in [4.69, 9.17) is 4.74 Å². The first-order valence-electron chi connectivity index (χ1n) is 5.79. The largest absolute Gasteiger partial charge is 0.466 e. The first-order valence-corrected chi connectivity index (χ1v) is 5.79. The van der Waals surface area contributed by atoms with Crippen LogP contribution in [0.25, 0.3) is 0 Å². The molecule has 2 heteroatoms. The van der Waals surface area contributed by atoms with Gasteiger partial charge in [0.15, 0.2) is 0 Å². The highest BCUT2D eigenvalue weighted by Crippen LogP contribution is 2.42. The SMILES string of the molecule is CCOC(=O)C[C@H]1C(C)=CCCC1(C)C. The molecule has 1 aliphatic carbocycles. The third-order valence-corrected chi connectivity index (χ3v) is 3.42. The van der Waals surface area contributed by atoms with Gasteiger partial charge >= 0.3 is 5.97 Å². The first kappa shape index (κ1) is 12.3. The topological polar surface area (TPSA) is 26.3 Å². The van der Waals surface area contributed by atoms with Crippen LogP contribution in [0.2, 0.25) is 0 Å². The Labute approximate surface area is 92.7 Å². The van der Waals surface area contributed by atoms with E-state index >= 15 is 0 Å². The van der Waals surface area contributed by atoms with Crippen LogP contribution in [-0.4, -0.2) is 12.6 Å². The number of esters is 1. The molecule has 0 radical (unpaired) electrons. The summed E-state index contributed by atoms with van der Waals surface area (Å²) in [5, 5.41) is 0. The van der Waals surface area contributed by atoms with E-state index in [2.05, 4.69) is 26.8 Å². The number of carbonyl (C=O) groups excluding carboxylic acids is 1. The Hall–Kier alpha value is -0.790. The number of allylic oxidation sites excluding steroid dienone is 2. The Morgan fingerprint density at radius 3 is 2.80 bits per heavy atom. The molecule has 1 atom stereocenters. The summed E-state index contributed by atoms with van der Waals surface area (Å²) in [4.78, 5) is 11.5. The van der Waals surface area contributed by atoms with Crippen LogP contribution < -0.4 is 0 Å². The quantitative estimate of drug-likeness (QED) is 0.527. The Kier molecular flexibility index (Phi) is 3.95. The van der Waals surface area contributed by atoms with Crippen LogP contribution in [-0.2, 0) is 9.53 Å². The second-order valence-corrected chi connectivity index (χ2v) is 5.04. The Morgan fingerprint density at radius 1 is 1.60 bits per heavy atom. The monoisotopic (exact) mass is 210 g/mol. The van der Waals surface area contributed by atoms with Gasteiger partial charge in [0.1, 0.15) is 0 Å². The fourth-order valence-corrected chi connectivity index (χ4v) is 2.43. The van der Waals surface area contributed by atoms with Gasteiger partial charge in [-0.3, -0.25) is 4.79 Å². The third kappa shape index (κ3) is 3.08. The van der Waals surface area contributed by atoms with Gasteiger partial charge in [0.05, 0.1) is 13.0 Å². The average molecular weight is 210 g/mol. The lowest BCUT2D eigenvalue weighted by Crippen LogP contribution is -2.30. The van der Waals surface area contributed by atoms with Crippen molar-refractivity contribution in [3.8, 4) is 0 Å². The summed E-state index contributed by atoms with van der Waals surface area (Å²) in [6, 6.07) is 0. The second kappa shape index (κ2) is 4.82. The lowest BCUT2D eigenvalue weighted by Gasteiger charge is -2.37. The highest BCUT2D eigenvalue weighted by atomic mass is 16.5. The molecule has 0 aromatic rings. The molecule has 0 spiro atoms. The molecule has 1 aliphatic rings. The summed E-state index contributed by atoms with van der Waals surface area (Å²) in [5.41, 5.74) is 1.57. The fourth-order valence-electron chi connectivity index (χ4n) is 2.43. The maximum Gasteiger partial charge on any atom is 0.306 e. The summed E-state index contributed by atoms with van der Waals surface area (Å²) < 4.78 is 5.02. The van der Waals surface area contributed by atoms with E-state index in [0.717, 1.165) is 12.8 Å².